The second-order valence-corrected chi connectivity index (χ2v) is 9.46. The van der Waals surface area contributed by atoms with Gasteiger partial charge in [0.2, 0.25) is 5.56 Å². The Morgan fingerprint density at radius 1 is 1.10 bits per heavy atom. The van der Waals surface area contributed by atoms with Crippen LogP contribution in [0, 0.1) is 0 Å². The molecule has 2 aromatic carbocycles. The Morgan fingerprint density at radius 3 is 2.40 bits per heavy atom. The van der Waals surface area contributed by atoms with E-state index in [2.05, 4.69) is 36.8 Å². The molecule has 0 aliphatic rings. The number of rotatable bonds is 7. The third-order valence-electron chi connectivity index (χ3n) is 4.34. The first-order valence-electron chi connectivity index (χ1n) is 8.86. The van der Waals surface area contributed by atoms with E-state index in [0.717, 1.165) is 35.4 Å². The van der Waals surface area contributed by atoms with Crippen molar-refractivity contribution >= 4 is 49.6 Å². The number of carboxylic acids is 1. The first-order valence-corrected chi connectivity index (χ1v) is 11.3. The van der Waals surface area contributed by atoms with Gasteiger partial charge >= 0.3 is 5.97 Å². The second kappa shape index (κ2) is 9.82. The lowest BCUT2D eigenvalue weighted by Crippen LogP contribution is -2.32. The lowest BCUT2D eigenvalue weighted by molar-refractivity contribution is -0.138. The Bertz CT molecular complexity index is 1110. The summed E-state index contributed by atoms with van der Waals surface area (Å²) in [7, 11) is 0. The van der Waals surface area contributed by atoms with Crippen molar-refractivity contribution in [3.63, 3.8) is 0 Å². The van der Waals surface area contributed by atoms with Crippen molar-refractivity contribution in [2.24, 2.45) is 5.73 Å². The standard InChI is InChI=1S/C21H18Br2N2O4S/c22-15-6-12(8-17(24)21(28)29)7-16(23)20(15)30-14-2-3-18(26)13(9-14)5-11-1-4-19(27)25-10-11/h1-4,6-7,9-10,17,26H,5,8,24H2,(H,25,27)(H,28,29)/t17-/m1/s1. The van der Waals surface area contributed by atoms with E-state index in [1.807, 2.05) is 24.3 Å². The molecule has 0 saturated heterocycles. The molecule has 0 fully saturated rings. The van der Waals surface area contributed by atoms with E-state index in [-0.39, 0.29) is 17.7 Å². The summed E-state index contributed by atoms with van der Waals surface area (Å²) in [6, 6.07) is 11.3. The summed E-state index contributed by atoms with van der Waals surface area (Å²) < 4.78 is 1.62. The summed E-state index contributed by atoms with van der Waals surface area (Å²) in [5.74, 6) is -0.860. The van der Waals surface area contributed by atoms with Crippen molar-refractivity contribution in [2.45, 2.75) is 28.7 Å². The quantitative estimate of drug-likeness (QED) is 0.346. The maximum Gasteiger partial charge on any atom is 0.320 e. The topological polar surface area (TPSA) is 116 Å². The summed E-state index contributed by atoms with van der Waals surface area (Å²) in [5, 5.41) is 19.2. The first-order chi connectivity index (χ1) is 14.2. The summed E-state index contributed by atoms with van der Waals surface area (Å²) >= 11 is 8.61. The van der Waals surface area contributed by atoms with E-state index in [1.54, 1.807) is 18.3 Å². The van der Waals surface area contributed by atoms with E-state index in [9.17, 15) is 14.7 Å². The van der Waals surface area contributed by atoms with Gasteiger partial charge in [0.15, 0.2) is 0 Å². The van der Waals surface area contributed by atoms with Gasteiger partial charge < -0.3 is 20.9 Å². The monoisotopic (exact) mass is 552 g/mol. The molecule has 0 radical (unpaired) electrons. The number of aromatic nitrogens is 1. The first kappa shape index (κ1) is 22.6. The van der Waals surface area contributed by atoms with Crippen LogP contribution in [0.2, 0.25) is 0 Å². The molecule has 0 unspecified atom stereocenters. The smallest absolute Gasteiger partial charge is 0.320 e. The maximum atomic E-state index is 11.2. The third kappa shape index (κ3) is 5.75. The molecule has 0 amide bonds. The van der Waals surface area contributed by atoms with Gasteiger partial charge in [0.25, 0.3) is 0 Å². The molecular weight excluding hydrogens is 536 g/mol. The van der Waals surface area contributed by atoms with Crippen molar-refractivity contribution in [3.05, 3.63) is 84.7 Å². The molecule has 156 valence electrons. The highest BCUT2D eigenvalue weighted by atomic mass is 79.9. The van der Waals surface area contributed by atoms with E-state index >= 15 is 0 Å². The Kier molecular flexibility index (Phi) is 7.41. The number of phenols is 1. The molecule has 1 heterocycles. The molecule has 0 spiro atoms. The fourth-order valence-electron chi connectivity index (χ4n) is 2.83. The molecule has 0 saturated carbocycles. The van der Waals surface area contributed by atoms with Crippen LogP contribution in [0.25, 0.3) is 0 Å². The normalized spacial score (nSPS) is 12.0. The molecular formula is C21H18Br2N2O4S. The number of hydrogen-bond acceptors (Lipinski definition) is 5. The van der Waals surface area contributed by atoms with Crippen LogP contribution in [0.4, 0.5) is 0 Å². The average Bonchev–Trinajstić information content (AvgIpc) is 2.68. The molecule has 9 heteroatoms. The molecule has 0 bridgehead atoms. The Labute approximate surface area is 193 Å². The predicted octanol–water partition coefficient (Wildman–Crippen LogP) is 4.30. The van der Waals surface area contributed by atoms with Crippen LogP contribution in [0.15, 0.2) is 72.2 Å². The Balaban J connectivity index is 1.83. The number of carbonyl (C=O) groups is 1. The summed E-state index contributed by atoms with van der Waals surface area (Å²) in [5.41, 5.74) is 7.89. The van der Waals surface area contributed by atoms with Crippen LogP contribution in [0.3, 0.4) is 0 Å². The van der Waals surface area contributed by atoms with Crippen LogP contribution < -0.4 is 11.3 Å². The number of benzene rings is 2. The lowest BCUT2D eigenvalue weighted by atomic mass is 10.1. The Morgan fingerprint density at radius 2 is 1.80 bits per heavy atom. The number of carboxylic acid groups (broad SMARTS) is 1. The molecule has 0 aliphatic carbocycles. The van der Waals surface area contributed by atoms with Gasteiger partial charge in [0.1, 0.15) is 11.8 Å². The SMILES string of the molecule is N[C@H](Cc1cc(Br)c(Sc2ccc(O)c(Cc3ccc(=O)[nH]c3)c2)c(Br)c1)C(=O)O. The number of aliphatic carboxylic acids is 1. The molecule has 3 aromatic rings. The highest BCUT2D eigenvalue weighted by Crippen LogP contribution is 2.41. The van der Waals surface area contributed by atoms with Gasteiger partial charge in [-0.15, -0.1) is 0 Å². The number of nitrogens with one attached hydrogen (secondary N) is 1. The molecule has 0 aliphatic heterocycles. The van der Waals surface area contributed by atoms with E-state index < -0.39 is 12.0 Å². The fraction of sp³-hybridized carbons (Fsp3) is 0.143. The number of H-pyrrole nitrogens is 1. The number of nitrogens with two attached hydrogens (primary N) is 1. The largest absolute Gasteiger partial charge is 0.508 e. The summed E-state index contributed by atoms with van der Waals surface area (Å²) in [6.45, 7) is 0. The van der Waals surface area contributed by atoms with Gasteiger partial charge in [0, 0.05) is 37.4 Å². The minimum absolute atomic E-state index is 0.172. The molecule has 30 heavy (non-hydrogen) atoms. The number of pyridine rings is 1. The van der Waals surface area contributed by atoms with E-state index in [4.69, 9.17) is 10.8 Å². The minimum atomic E-state index is -1.04. The minimum Gasteiger partial charge on any atom is -0.508 e. The van der Waals surface area contributed by atoms with Crippen molar-refractivity contribution < 1.29 is 15.0 Å². The second-order valence-electron chi connectivity index (χ2n) is 6.67. The average molecular weight is 554 g/mol. The number of hydrogen-bond donors (Lipinski definition) is 4. The summed E-state index contributed by atoms with van der Waals surface area (Å²) in [4.78, 5) is 26.7. The van der Waals surface area contributed by atoms with Crippen LogP contribution in [0.1, 0.15) is 16.7 Å². The molecule has 1 aromatic heterocycles. The van der Waals surface area contributed by atoms with Crippen LogP contribution >= 0.6 is 43.6 Å². The van der Waals surface area contributed by atoms with Crippen molar-refractivity contribution in [3.8, 4) is 5.75 Å². The molecule has 1 atom stereocenters. The van der Waals surface area contributed by atoms with Gasteiger partial charge in [-0.05, 0) is 85.3 Å². The van der Waals surface area contributed by atoms with Crippen molar-refractivity contribution in [1.82, 2.24) is 4.98 Å². The number of phenolic OH excluding ortho intramolecular Hbond substituents is 1. The number of halogens is 2. The molecule has 3 rings (SSSR count). The van der Waals surface area contributed by atoms with Crippen LogP contribution in [0.5, 0.6) is 5.75 Å². The fourth-order valence-corrected chi connectivity index (χ4v) is 5.48. The maximum absolute atomic E-state index is 11.2. The third-order valence-corrected chi connectivity index (χ3v) is 7.25. The number of aromatic hydroxyl groups is 1. The zero-order valence-electron chi connectivity index (χ0n) is 15.6. The zero-order chi connectivity index (χ0) is 21.8. The lowest BCUT2D eigenvalue weighted by Gasteiger charge is -2.13. The van der Waals surface area contributed by atoms with Gasteiger partial charge in [-0.25, -0.2) is 0 Å². The van der Waals surface area contributed by atoms with Crippen LogP contribution in [-0.4, -0.2) is 27.2 Å². The number of aromatic amines is 1. The molecule has 5 N–H and O–H groups in total. The van der Waals surface area contributed by atoms with Crippen molar-refractivity contribution in [1.29, 1.82) is 0 Å². The highest BCUT2D eigenvalue weighted by Gasteiger charge is 2.16. The van der Waals surface area contributed by atoms with Gasteiger partial charge in [0.05, 0.1) is 0 Å². The van der Waals surface area contributed by atoms with E-state index in [0.29, 0.717) is 6.42 Å². The molecule has 6 nitrogen and oxygen atoms in total. The zero-order valence-corrected chi connectivity index (χ0v) is 19.6. The summed E-state index contributed by atoms with van der Waals surface area (Å²) in [6.07, 6.45) is 2.33. The highest BCUT2D eigenvalue weighted by molar-refractivity contribution is 9.11. The van der Waals surface area contributed by atoms with Crippen molar-refractivity contribution in [2.75, 3.05) is 0 Å². The van der Waals surface area contributed by atoms with Gasteiger partial charge in [-0.3, -0.25) is 9.59 Å². The van der Waals surface area contributed by atoms with Gasteiger partial charge in [-0.2, -0.15) is 0 Å². The predicted molar refractivity (Wildman–Crippen MR) is 123 cm³/mol. The Hall–Kier alpha value is -2.07. The van der Waals surface area contributed by atoms with E-state index in [1.165, 1.54) is 17.8 Å². The van der Waals surface area contributed by atoms with Crippen LogP contribution in [-0.2, 0) is 17.6 Å². The van der Waals surface area contributed by atoms with Gasteiger partial charge in [-0.1, -0.05) is 17.8 Å².